The molecule has 3 aromatic heterocycles. The third kappa shape index (κ3) is 4.49. The maximum atomic E-state index is 12.8. The van der Waals surface area contributed by atoms with Gasteiger partial charge in [-0.15, -0.1) is 0 Å². The number of methoxy groups -OCH3 is 2. The highest BCUT2D eigenvalue weighted by Gasteiger charge is 2.26. The number of halogens is 1. The fraction of sp³-hybridized carbons (Fsp3) is 0.261. The van der Waals surface area contributed by atoms with Crippen LogP contribution in [0.15, 0.2) is 35.3 Å². The molecule has 3 N–H and O–H groups in total. The van der Waals surface area contributed by atoms with Crippen molar-refractivity contribution in [2.45, 2.75) is 19.4 Å². The van der Waals surface area contributed by atoms with Crippen LogP contribution in [0.4, 0.5) is 23.0 Å². The average Bonchev–Trinajstić information content (AvgIpc) is 3.12. The molecule has 0 aliphatic carbocycles. The Labute approximate surface area is 205 Å². The van der Waals surface area contributed by atoms with Crippen LogP contribution in [-0.4, -0.2) is 39.0 Å². The molecule has 35 heavy (non-hydrogen) atoms. The first-order valence-electron chi connectivity index (χ1n) is 10.5. The van der Waals surface area contributed by atoms with E-state index in [4.69, 9.17) is 21.1 Å². The summed E-state index contributed by atoms with van der Waals surface area (Å²) in [6.45, 7) is 3.60. The predicted molar refractivity (Wildman–Crippen MR) is 133 cm³/mol. The molecule has 0 fully saturated rings. The van der Waals surface area contributed by atoms with Gasteiger partial charge in [0.15, 0.2) is 22.9 Å². The molecule has 4 rings (SSSR count). The number of hydrogen-bond acceptors (Lipinski definition) is 9. The zero-order valence-corrected chi connectivity index (χ0v) is 20.5. The van der Waals surface area contributed by atoms with Crippen molar-refractivity contribution in [3.8, 4) is 11.8 Å². The van der Waals surface area contributed by atoms with Gasteiger partial charge in [0.25, 0.3) is 5.56 Å². The molecule has 0 saturated heterocycles. The van der Waals surface area contributed by atoms with Gasteiger partial charge >= 0.3 is 0 Å². The number of aromatic amines is 1. The molecule has 12 heteroatoms. The third-order valence-corrected chi connectivity index (χ3v) is 5.76. The zero-order chi connectivity index (χ0) is 25.3. The molecular formula is C23H23ClN8O3. The Bertz CT molecular complexity index is 1520. The van der Waals surface area contributed by atoms with Crippen molar-refractivity contribution in [2.75, 3.05) is 24.9 Å². The molecule has 3 heterocycles. The van der Waals surface area contributed by atoms with Crippen LogP contribution in [0.2, 0.25) is 5.02 Å². The van der Waals surface area contributed by atoms with E-state index >= 15 is 0 Å². The van der Waals surface area contributed by atoms with Crippen molar-refractivity contribution >= 4 is 45.6 Å². The lowest BCUT2D eigenvalue weighted by Gasteiger charge is -2.22. The standard InChI is InChI=1S/C23H23ClN8O3/c1-23(2,35-5)20-15(10-25)28-17(11-26-20)29-16-9-14(18-21(30-16)31-32(3)22(18)33)27-13-8-6-7-12(24)19(13)34-4/h6-9,11H,1-5H3,(H3,27,28,29,30,31). The highest BCUT2D eigenvalue weighted by molar-refractivity contribution is 6.32. The number of benzene rings is 1. The average molecular weight is 495 g/mol. The molecule has 0 atom stereocenters. The van der Waals surface area contributed by atoms with Crippen LogP contribution in [0.3, 0.4) is 0 Å². The van der Waals surface area contributed by atoms with Gasteiger partial charge in [0.1, 0.15) is 28.6 Å². The van der Waals surface area contributed by atoms with Crippen molar-refractivity contribution in [3.63, 3.8) is 0 Å². The second kappa shape index (κ2) is 9.25. The number of nitriles is 1. The molecule has 180 valence electrons. The highest BCUT2D eigenvalue weighted by Crippen LogP contribution is 2.36. The molecule has 0 bridgehead atoms. The Balaban J connectivity index is 1.79. The number of anilines is 4. The molecule has 0 spiro atoms. The largest absolute Gasteiger partial charge is 0.493 e. The van der Waals surface area contributed by atoms with E-state index in [0.29, 0.717) is 50.5 Å². The lowest BCUT2D eigenvalue weighted by molar-refractivity contribution is 0.0149. The number of nitrogens with zero attached hydrogens (tertiary/aromatic N) is 5. The maximum absolute atomic E-state index is 12.8. The Morgan fingerprint density at radius 1 is 1.17 bits per heavy atom. The molecular weight excluding hydrogens is 472 g/mol. The lowest BCUT2D eigenvalue weighted by atomic mass is 10.0. The van der Waals surface area contributed by atoms with E-state index in [0.717, 1.165) is 0 Å². The summed E-state index contributed by atoms with van der Waals surface area (Å²) >= 11 is 6.26. The van der Waals surface area contributed by atoms with Gasteiger partial charge in [-0.3, -0.25) is 19.6 Å². The number of nitrogens with one attached hydrogen (secondary N) is 3. The minimum Gasteiger partial charge on any atom is -0.493 e. The Kier molecular flexibility index (Phi) is 6.34. The van der Waals surface area contributed by atoms with Crippen LogP contribution < -0.4 is 20.9 Å². The predicted octanol–water partition coefficient (Wildman–Crippen LogP) is 3.95. The molecule has 11 nitrogen and oxygen atoms in total. The smallest absolute Gasteiger partial charge is 0.277 e. The summed E-state index contributed by atoms with van der Waals surface area (Å²) in [4.78, 5) is 26.0. The number of aryl methyl sites for hydroxylation is 1. The van der Waals surface area contributed by atoms with Gasteiger partial charge in [-0.1, -0.05) is 17.7 Å². The van der Waals surface area contributed by atoms with Gasteiger partial charge in [-0.2, -0.15) is 5.26 Å². The number of para-hydroxylation sites is 1. The van der Waals surface area contributed by atoms with Crippen molar-refractivity contribution in [1.29, 1.82) is 5.26 Å². The molecule has 4 aromatic rings. The summed E-state index contributed by atoms with van der Waals surface area (Å²) in [5.41, 5.74) is 0.865. The normalized spacial score (nSPS) is 11.3. The monoisotopic (exact) mass is 494 g/mol. The second-order valence-corrected chi connectivity index (χ2v) is 8.51. The molecule has 0 saturated carbocycles. The van der Waals surface area contributed by atoms with Gasteiger partial charge in [0.2, 0.25) is 0 Å². The van der Waals surface area contributed by atoms with Crippen molar-refractivity contribution < 1.29 is 9.47 Å². The Morgan fingerprint density at radius 3 is 2.63 bits per heavy atom. The van der Waals surface area contributed by atoms with Crippen LogP contribution in [0.1, 0.15) is 25.2 Å². The minimum atomic E-state index is -0.787. The summed E-state index contributed by atoms with van der Waals surface area (Å²) in [6, 6.07) is 8.96. The SMILES string of the molecule is COc1c(Cl)cccc1Nc1cc(Nc2cnc(C(C)(C)OC)c(C#N)n2)nc2[nH]n(C)c(=O)c12. The minimum absolute atomic E-state index is 0.123. The van der Waals surface area contributed by atoms with Gasteiger partial charge in [0, 0.05) is 20.2 Å². The molecule has 0 aliphatic rings. The van der Waals surface area contributed by atoms with E-state index in [-0.39, 0.29) is 11.3 Å². The maximum Gasteiger partial charge on any atom is 0.277 e. The van der Waals surface area contributed by atoms with Crippen molar-refractivity contribution in [2.24, 2.45) is 7.05 Å². The molecule has 0 amide bonds. The first kappa shape index (κ1) is 24.0. The first-order valence-corrected chi connectivity index (χ1v) is 10.9. The van der Waals surface area contributed by atoms with Crippen LogP contribution >= 0.6 is 11.6 Å². The van der Waals surface area contributed by atoms with E-state index in [9.17, 15) is 10.1 Å². The van der Waals surface area contributed by atoms with E-state index in [1.165, 1.54) is 25.1 Å². The second-order valence-electron chi connectivity index (χ2n) is 8.10. The first-order chi connectivity index (χ1) is 16.7. The quantitative estimate of drug-likeness (QED) is 0.348. The summed E-state index contributed by atoms with van der Waals surface area (Å²) in [7, 11) is 4.65. The number of rotatable bonds is 7. The zero-order valence-electron chi connectivity index (χ0n) is 19.7. The van der Waals surface area contributed by atoms with E-state index in [2.05, 4.69) is 36.8 Å². The van der Waals surface area contributed by atoms with E-state index < -0.39 is 5.60 Å². The summed E-state index contributed by atoms with van der Waals surface area (Å²) in [5.74, 6) is 1.09. The molecule has 1 aromatic carbocycles. The van der Waals surface area contributed by atoms with Crippen LogP contribution in [-0.2, 0) is 17.4 Å². The van der Waals surface area contributed by atoms with Crippen LogP contribution in [0.25, 0.3) is 11.0 Å². The van der Waals surface area contributed by atoms with Gasteiger partial charge < -0.3 is 20.1 Å². The number of fused-ring (bicyclic) bond motifs is 1. The molecule has 0 radical (unpaired) electrons. The summed E-state index contributed by atoms with van der Waals surface area (Å²) in [6.07, 6.45) is 1.49. The fourth-order valence-electron chi connectivity index (χ4n) is 3.54. The van der Waals surface area contributed by atoms with Crippen molar-refractivity contribution in [3.05, 3.63) is 57.2 Å². The topological polar surface area (TPSA) is 143 Å². The number of hydrogen-bond donors (Lipinski definition) is 3. The van der Waals surface area contributed by atoms with E-state index in [1.807, 2.05) is 0 Å². The summed E-state index contributed by atoms with van der Waals surface area (Å²) in [5, 5.41) is 19.6. The molecule has 0 aliphatic heterocycles. The molecule has 0 unspecified atom stereocenters. The van der Waals surface area contributed by atoms with Gasteiger partial charge in [-0.25, -0.2) is 9.97 Å². The highest BCUT2D eigenvalue weighted by atomic mass is 35.5. The Morgan fingerprint density at radius 2 is 1.94 bits per heavy atom. The van der Waals surface area contributed by atoms with E-state index in [1.54, 1.807) is 45.2 Å². The Hall–Kier alpha value is -4.14. The summed E-state index contributed by atoms with van der Waals surface area (Å²) < 4.78 is 12.2. The van der Waals surface area contributed by atoms with Crippen LogP contribution in [0.5, 0.6) is 5.75 Å². The number of aromatic nitrogens is 5. The number of H-pyrrole nitrogens is 1. The van der Waals surface area contributed by atoms with Crippen LogP contribution in [0, 0.1) is 11.3 Å². The fourth-order valence-corrected chi connectivity index (χ4v) is 3.79. The lowest BCUT2D eigenvalue weighted by Crippen LogP contribution is -2.23. The number of ether oxygens (including phenoxy) is 2. The number of pyridine rings is 1. The third-order valence-electron chi connectivity index (χ3n) is 5.47. The van der Waals surface area contributed by atoms with Gasteiger partial charge in [0.05, 0.1) is 29.7 Å². The van der Waals surface area contributed by atoms with Gasteiger partial charge in [-0.05, 0) is 26.0 Å². The van der Waals surface area contributed by atoms with Crippen molar-refractivity contribution in [1.82, 2.24) is 24.7 Å².